The summed E-state index contributed by atoms with van der Waals surface area (Å²) in [6, 6.07) is 0.649. The van der Waals surface area contributed by atoms with Gasteiger partial charge in [-0.2, -0.15) is 0 Å². The lowest BCUT2D eigenvalue weighted by atomic mass is 9.90. The minimum Gasteiger partial charge on any atom is -0.381 e. The first kappa shape index (κ1) is 11.6. The number of rotatable bonds is 2. The van der Waals surface area contributed by atoms with E-state index >= 15 is 0 Å². The third kappa shape index (κ3) is 1.90. The van der Waals surface area contributed by atoms with Crippen molar-refractivity contribution in [1.82, 2.24) is 4.98 Å². The lowest BCUT2D eigenvalue weighted by Crippen LogP contribution is -2.28. The topological polar surface area (TPSA) is 44.9 Å². The Balaban J connectivity index is 1.63. The van der Waals surface area contributed by atoms with Crippen LogP contribution in [0.5, 0.6) is 0 Å². The average Bonchev–Trinajstić information content (AvgIpc) is 3.05. The molecule has 0 spiro atoms. The van der Waals surface area contributed by atoms with Gasteiger partial charge in [0.15, 0.2) is 0 Å². The molecular formula is C16H22N2O. The van der Waals surface area contributed by atoms with E-state index in [4.69, 9.17) is 0 Å². The van der Waals surface area contributed by atoms with E-state index in [-0.39, 0.29) is 5.56 Å². The van der Waals surface area contributed by atoms with Crippen molar-refractivity contribution < 1.29 is 0 Å². The number of fused-ring (bicyclic) bond motifs is 3. The van der Waals surface area contributed by atoms with Crippen molar-refractivity contribution in [2.24, 2.45) is 11.8 Å². The second-order valence-electron chi connectivity index (χ2n) is 6.62. The largest absolute Gasteiger partial charge is 0.381 e. The fraction of sp³-hybridized carbons (Fsp3) is 0.688. The maximum absolute atomic E-state index is 11.9. The lowest BCUT2D eigenvalue weighted by Gasteiger charge is -2.27. The molecule has 0 amide bonds. The van der Waals surface area contributed by atoms with Gasteiger partial charge in [-0.3, -0.25) is 4.79 Å². The average molecular weight is 258 g/mol. The van der Waals surface area contributed by atoms with Crippen molar-refractivity contribution in [2.75, 3.05) is 5.32 Å². The third-order valence-corrected chi connectivity index (χ3v) is 5.49. The van der Waals surface area contributed by atoms with Crippen molar-refractivity contribution in [3.8, 4) is 0 Å². The fourth-order valence-electron chi connectivity index (χ4n) is 4.52. The molecule has 0 unspecified atom stereocenters. The van der Waals surface area contributed by atoms with Gasteiger partial charge in [0.1, 0.15) is 0 Å². The van der Waals surface area contributed by atoms with Crippen LogP contribution in [-0.4, -0.2) is 11.0 Å². The van der Waals surface area contributed by atoms with Crippen molar-refractivity contribution in [2.45, 2.75) is 57.4 Å². The molecule has 102 valence electrons. The minimum absolute atomic E-state index is 0.133. The molecule has 4 rings (SSSR count). The smallest absolute Gasteiger partial charge is 0.251 e. The highest BCUT2D eigenvalue weighted by Crippen LogP contribution is 2.45. The van der Waals surface area contributed by atoms with E-state index in [2.05, 4.69) is 10.3 Å². The summed E-state index contributed by atoms with van der Waals surface area (Å²) in [4.78, 5) is 14.8. The number of hydrogen-bond donors (Lipinski definition) is 2. The van der Waals surface area contributed by atoms with Crippen molar-refractivity contribution >= 4 is 5.69 Å². The molecule has 0 saturated heterocycles. The Morgan fingerprint density at radius 2 is 1.95 bits per heavy atom. The summed E-state index contributed by atoms with van der Waals surface area (Å²) in [7, 11) is 0. The molecule has 0 aromatic carbocycles. The molecule has 3 aliphatic rings. The fourth-order valence-corrected chi connectivity index (χ4v) is 4.52. The molecule has 19 heavy (non-hydrogen) atoms. The standard InChI is InChI=1S/C16H22N2O/c19-16-13-4-2-1-3-12(13)15(9-17-16)18-14-8-10-5-6-11(14)7-10/h9-11,14,18H,1-8H2,(H,17,19)/t10-,11+,14+/m0/s1. The van der Waals surface area contributed by atoms with E-state index in [1.807, 2.05) is 6.20 Å². The van der Waals surface area contributed by atoms with Gasteiger partial charge < -0.3 is 10.3 Å². The number of H-pyrrole nitrogens is 1. The van der Waals surface area contributed by atoms with Gasteiger partial charge in [-0.15, -0.1) is 0 Å². The van der Waals surface area contributed by atoms with Crippen LogP contribution in [0.4, 0.5) is 5.69 Å². The van der Waals surface area contributed by atoms with Gasteiger partial charge >= 0.3 is 0 Å². The second-order valence-corrected chi connectivity index (χ2v) is 6.62. The van der Waals surface area contributed by atoms with Crippen LogP contribution in [0.15, 0.2) is 11.0 Å². The summed E-state index contributed by atoms with van der Waals surface area (Å²) in [6.07, 6.45) is 11.9. The Labute approximate surface area is 113 Å². The molecule has 1 heterocycles. The normalized spacial score (nSPS) is 32.3. The van der Waals surface area contributed by atoms with Crippen molar-refractivity contribution in [3.05, 3.63) is 27.7 Å². The van der Waals surface area contributed by atoms with E-state index in [0.29, 0.717) is 6.04 Å². The third-order valence-electron chi connectivity index (χ3n) is 5.49. The Morgan fingerprint density at radius 1 is 1.11 bits per heavy atom. The van der Waals surface area contributed by atoms with Crippen LogP contribution >= 0.6 is 0 Å². The van der Waals surface area contributed by atoms with Crippen LogP contribution < -0.4 is 10.9 Å². The monoisotopic (exact) mass is 258 g/mol. The second kappa shape index (κ2) is 4.39. The highest BCUT2D eigenvalue weighted by atomic mass is 16.1. The number of pyridine rings is 1. The zero-order valence-corrected chi connectivity index (χ0v) is 11.4. The number of nitrogens with one attached hydrogen (secondary N) is 2. The quantitative estimate of drug-likeness (QED) is 0.856. The summed E-state index contributed by atoms with van der Waals surface area (Å²) in [6.45, 7) is 0. The lowest BCUT2D eigenvalue weighted by molar-refractivity contribution is 0.439. The van der Waals surface area contributed by atoms with E-state index in [1.165, 1.54) is 43.4 Å². The number of aromatic nitrogens is 1. The van der Waals surface area contributed by atoms with Crippen molar-refractivity contribution in [3.63, 3.8) is 0 Å². The molecule has 2 bridgehead atoms. The minimum atomic E-state index is 0.133. The molecule has 3 aliphatic carbocycles. The maximum atomic E-state index is 11.9. The van der Waals surface area contributed by atoms with Gasteiger partial charge in [0, 0.05) is 17.8 Å². The van der Waals surface area contributed by atoms with Crippen LogP contribution in [0.3, 0.4) is 0 Å². The number of hydrogen-bond acceptors (Lipinski definition) is 2. The molecule has 1 aromatic rings. The molecule has 2 fully saturated rings. The van der Waals surface area contributed by atoms with Gasteiger partial charge in [-0.1, -0.05) is 6.42 Å². The Hall–Kier alpha value is -1.25. The van der Waals surface area contributed by atoms with Crippen molar-refractivity contribution in [1.29, 1.82) is 0 Å². The molecule has 0 aliphatic heterocycles. The first-order valence-electron chi connectivity index (χ1n) is 7.81. The Morgan fingerprint density at radius 3 is 2.68 bits per heavy atom. The van der Waals surface area contributed by atoms with Gasteiger partial charge in [0.05, 0.1) is 5.69 Å². The molecule has 3 heteroatoms. The summed E-state index contributed by atoms with van der Waals surface area (Å²) in [5.74, 6) is 1.83. The van der Waals surface area contributed by atoms with E-state index in [0.717, 1.165) is 36.7 Å². The number of aromatic amines is 1. The first-order chi connectivity index (χ1) is 9.31. The molecule has 1 aromatic heterocycles. The highest BCUT2D eigenvalue weighted by molar-refractivity contribution is 5.54. The maximum Gasteiger partial charge on any atom is 0.251 e. The van der Waals surface area contributed by atoms with Crippen LogP contribution in [0, 0.1) is 11.8 Å². The summed E-state index contributed by atoms with van der Waals surface area (Å²) in [5, 5.41) is 3.76. The predicted molar refractivity (Wildman–Crippen MR) is 76.6 cm³/mol. The van der Waals surface area contributed by atoms with Crippen LogP contribution in [0.25, 0.3) is 0 Å². The predicted octanol–water partition coefficient (Wildman–Crippen LogP) is 2.85. The molecule has 3 atom stereocenters. The molecule has 2 saturated carbocycles. The molecule has 2 N–H and O–H groups in total. The van der Waals surface area contributed by atoms with Gasteiger partial charge in [-0.25, -0.2) is 0 Å². The van der Waals surface area contributed by atoms with Gasteiger partial charge in [0.2, 0.25) is 0 Å². The summed E-state index contributed by atoms with van der Waals surface area (Å²) in [5.41, 5.74) is 3.69. The Kier molecular flexibility index (Phi) is 2.68. The SMILES string of the molecule is O=c1[nH]cc(N[C@@H]2C[C@H]3CC[C@@H]2C3)c2c1CCCC2. The zero-order valence-electron chi connectivity index (χ0n) is 11.4. The van der Waals surface area contributed by atoms with E-state index in [1.54, 1.807) is 0 Å². The van der Waals surface area contributed by atoms with Gasteiger partial charge in [0.25, 0.3) is 5.56 Å². The molecule has 3 nitrogen and oxygen atoms in total. The van der Waals surface area contributed by atoms with E-state index in [9.17, 15) is 4.79 Å². The highest BCUT2D eigenvalue weighted by Gasteiger charge is 2.39. The van der Waals surface area contributed by atoms with Crippen LogP contribution in [0.2, 0.25) is 0 Å². The van der Waals surface area contributed by atoms with Gasteiger partial charge in [-0.05, 0) is 62.3 Å². The van der Waals surface area contributed by atoms with Crippen LogP contribution in [-0.2, 0) is 12.8 Å². The number of anilines is 1. The summed E-state index contributed by atoms with van der Waals surface area (Å²) >= 11 is 0. The molecule has 0 radical (unpaired) electrons. The van der Waals surface area contributed by atoms with Crippen LogP contribution in [0.1, 0.15) is 49.7 Å². The Bertz CT molecular complexity index is 548. The first-order valence-corrected chi connectivity index (χ1v) is 7.81. The molecular weight excluding hydrogens is 236 g/mol. The van der Waals surface area contributed by atoms with E-state index < -0.39 is 0 Å². The summed E-state index contributed by atoms with van der Waals surface area (Å²) < 4.78 is 0. The zero-order chi connectivity index (χ0) is 12.8.